The summed E-state index contributed by atoms with van der Waals surface area (Å²) in [4.78, 5) is 16.7. The van der Waals surface area contributed by atoms with Crippen LogP contribution in [-0.4, -0.2) is 40.4 Å². The van der Waals surface area contributed by atoms with Crippen LogP contribution in [0.25, 0.3) is 0 Å². The maximum atomic E-state index is 12.1. The van der Waals surface area contributed by atoms with Crippen LogP contribution in [0, 0.1) is 0 Å². The molecule has 2 aromatic rings. The van der Waals surface area contributed by atoms with Crippen LogP contribution in [0.3, 0.4) is 0 Å². The zero-order chi connectivity index (χ0) is 17.1. The predicted molar refractivity (Wildman–Crippen MR) is 97.6 cm³/mol. The molecule has 0 bridgehead atoms. The highest BCUT2D eigenvalue weighted by Crippen LogP contribution is 2.25. The summed E-state index contributed by atoms with van der Waals surface area (Å²) in [5, 5.41) is 4.39. The second-order valence-corrected chi connectivity index (χ2v) is 6.77. The Kier molecular flexibility index (Phi) is 5.21. The van der Waals surface area contributed by atoms with E-state index in [0.29, 0.717) is 0 Å². The van der Waals surface area contributed by atoms with Crippen molar-refractivity contribution in [3.63, 3.8) is 0 Å². The summed E-state index contributed by atoms with van der Waals surface area (Å²) in [7, 11) is 1.62. The Labute approximate surface area is 147 Å². The lowest BCUT2D eigenvalue weighted by Gasteiger charge is -2.31. The van der Waals surface area contributed by atoms with Gasteiger partial charge in [0.2, 0.25) is 0 Å². The van der Waals surface area contributed by atoms with Gasteiger partial charge in [-0.25, -0.2) is 4.68 Å². The maximum Gasteiger partial charge on any atom is 0.287 e. The summed E-state index contributed by atoms with van der Waals surface area (Å²) in [5.41, 5.74) is 1.83. The molecule has 1 aliphatic heterocycles. The van der Waals surface area contributed by atoms with Crippen LogP contribution >= 0.6 is 11.6 Å². The molecule has 0 amide bonds. The van der Waals surface area contributed by atoms with Crippen molar-refractivity contribution in [2.24, 2.45) is 7.05 Å². The molecule has 0 spiro atoms. The van der Waals surface area contributed by atoms with Crippen LogP contribution in [0.2, 0.25) is 5.02 Å². The van der Waals surface area contributed by atoms with E-state index < -0.39 is 0 Å². The molecule has 6 heteroatoms. The number of hydrogen-bond acceptors (Lipinski definition) is 4. The average Bonchev–Trinajstić information content (AvgIpc) is 2.75. The molecular formula is C18H23ClN4O. The van der Waals surface area contributed by atoms with E-state index in [-0.39, 0.29) is 16.6 Å². The van der Waals surface area contributed by atoms with Gasteiger partial charge in [-0.3, -0.25) is 9.69 Å². The summed E-state index contributed by atoms with van der Waals surface area (Å²) < 4.78 is 1.27. The summed E-state index contributed by atoms with van der Waals surface area (Å²) >= 11 is 6.29. The van der Waals surface area contributed by atoms with Crippen LogP contribution in [0.1, 0.15) is 18.9 Å². The van der Waals surface area contributed by atoms with E-state index in [1.165, 1.54) is 10.2 Å². The second-order valence-electron chi connectivity index (χ2n) is 6.39. The molecule has 3 rings (SSSR count). The third-order valence-electron chi connectivity index (χ3n) is 4.55. The highest BCUT2D eigenvalue weighted by molar-refractivity contribution is 6.33. The summed E-state index contributed by atoms with van der Waals surface area (Å²) in [5.74, 6) is 0. The number of nitrogens with zero attached hydrogens (tertiary/aromatic N) is 4. The van der Waals surface area contributed by atoms with Gasteiger partial charge < -0.3 is 4.90 Å². The van der Waals surface area contributed by atoms with Crippen molar-refractivity contribution in [1.82, 2.24) is 14.7 Å². The highest BCUT2D eigenvalue weighted by Gasteiger charge is 2.24. The van der Waals surface area contributed by atoms with Gasteiger partial charge in [-0.2, -0.15) is 5.10 Å². The van der Waals surface area contributed by atoms with Crippen molar-refractivity contribution in [3.8, 4) is 0 Å². The molecule has 1 saturated heterocycles. The minimum Gasteiger partial charge on any atom is -0.365 e. The molecule has 1 unspecified atom stereocenters. The van der Waals surface area contributed by atoms with Crippen molar-refractivity contribution >= 4 is 17.3 Å². The topological polar surface area (TPSA) is 41.4 Å². The number of halogens is 1. The van der Waals surface area contributed by atoms with Crippen molar-refractivity contribution in [2.75, 3.05) is 24.5 Å². The molecule has 1 aromatic carbocycles. The summed E-state index contributed by atoms with van der Waals surface area (Å²) in [6, 6.07) is 10.8. The maximum absolute atomic E-state index is 12.1. The quantitative estimate of drug-likeness (QED) is 0.856. The standard InChI is InChI=1S/C18H23ClN4O/c1-14-12-22(13-15-7-4-3-5-8-15)9-6-10-23(14)16-11-20-21(2)18(24)17(16)19/h3-5,7-8,11,14H,6,9-10,12-13H2,1-2H3. The third kappa shape index (κ3) is 3.62. The summed E-state index contributed by atoms with van der Waals surface area (Å²) in [6.45, 7) is 5.96. The first-order valence-corrected chi connectivity index (χ1v) is 8.69. The fraction of sp³-hybridized carbons (Fsp3) is 0.444. The van der Waals surface area contributed by atoms with E-state index in [4.69, 9.17) is 11.6 Å². The first kappa shape index (κ1) is 17.0. The molecule has 128 valence electrons. The van der Waals surface area contributed by atoms with Crippen LogP contribution in [-0.2, 0) is 13.6 Å². The number of aromatic nitrogens is 2. The molecule has 2 heterocycles. The first-order chi connectivity index (χ1) is 11.6. The van der Waals surface area contributed by atoms with Gasteiger partial charge in [0.1, 0.15) is 5.02 Å². The molecule has 1 aliphatic rings. The molecule has 0 saturated carbocycles. The lowest BCUT2D eigenvalue weighted by atomic mass is 10.2. The van der Waals surface area contributed by atoms with Crippen LogP contribution in [0.4, 0.5) is 5.69 Å². The average molecular weight is 347 g/mol. The van der Waals surface area contributed by atoms with E-state index in [2.05, 4.69) is 46.1 Å². The molecule has 1 aromatic heterocycles. The molecule has 24 heavy (non-hydrogen) atoms. The molecule has 0 radical (unpaired) electrons. The lowest BCUT2D eigenvalue weighted by molar-refractivity contribution is 0.268. The van der Waals surface area contributed by atoms with E-state index >= 15 is 0 Å². The van der Waals surface area contributed by atoms with Crippen molar-refractivity contribution in [3.05, 3.63) is 57.5 Å². The Balaban J connectivity index is 1.76. The van der Waals surface area contributed by atoms with Crippen molar-refractivity contribution < 1.29 is 0 Å². The van der Waals surface area contributed by atoms with Gasteiger partial charge in [0, 0.05) is 39.3 Å². The van der Waals surface area contributed by atoms with Crippen LogP contribution in [0.15, 0.2) is 41.3 Å². The van der Waals surface area contributed by atoms with Crippen LogP contribution < -0.4 is 10.5 Å². The van der Waals surface area contributed by atoms with Gasteiger partial charge in [0.05, 0.1) is 11.9 Å². The Morgan fingerprint density at radius 1 is 1.25 bits per heavy atom. The van der Waals surface area contributed by atoms with Gasteiger partial charge in [0.25, 0.3) is 5.56 Å². The monoisotopic (exact) mass is 346 g/mol. The van der Waals surface area contributed by atoms with Gasteiger partial charge in [-0.1, -0.05) is 41.9 Å². The zero-order valence-electron chi connectivity index (χ0n) is 14.2. The van der Waals surface area contributed by atoms with E-state index in [1.54, 1.807) is 13.2 Å². The smallest absolute Gasteiger partial charge is 0.287 e. The molecular weight excluding hydrogens is 324 g/mol. The Morgan fingerprint density at radius 3 is 2.75 bits per heavy atom. The Bertz CT molecular complexity index is 746. The Morgan fingerprint density at radius 2 is 2.00 bits per heavy atom. The van der Waals surface area contributed by atoms with Gasteiger partial charge >= 0.3 is 0 Å². The van der Waals surface area contributed by atoms with E-state index in [1.807, 2.05) is 6.07 Å². The molecule has 5 nitrogen and oxygen atoms in total. The minimum absolute atomic E-state index is 0.244. The lowest BCUT2D eigenvalue weighted by Crippen LogP contribution is -2.40. The fourth-order valence-electron chi connectivity index (χ4n) is 3.29. The van der Waals surface area contributed by atoms with Gasteiger partial charge in [0.15, 0.2) is 0 Å². The van der Waals surface area contributed by atoms with Gasteiger partial charge in [-0.15, -0.1) is 0 Å². The number of anilines is 1. The first-order valence-electron chi connectivity index (χ1n) is 8.31. The number of aryl methyl sites for hydroxylation is 1. The van der Waals surface area contributed by atoms with E-state index in [0.717, 1.165) is 38.3 Å². The zero-order valence-corrected chi connectivity index (χ0v) is 14.9. The molecule has 1 atom stereocenters. The van der Waals surface area contributed by atoms with Crippen molar-refractivity contribution in [1.29, 1.82) is 0 Å². The number of hydrogen-bond donors (Lipinski definition) is 0. The van der Waals surface area contributed by atoms with Crippen LogP contribution in [0.5, 0.6) is 0 Å². The molecule has 0 N–H and O–H groups in total. The Hall–Kier alpha value is -1.85. The molecule has 1 fully saturated rings. The number of benzene rings is 1. The fourth-order valence-corrected chi connectivity index (χ4v) is 3.57. The third-order valence-corrected chi connectivity index (χ3v) is 4.90. The number of rotatable bonds is 3. The minimum atomic E-state index is -0.244. The summed E-state index contributed by atoms with van der Waals surface area (Å²) in [6.07, 6.45) is 2.73. The van der Waals surface area contributed by atoms with Crippen molar-refractivity contribution in [2.45, 2.75) is 25.9 Å². The highest BCUT2D eigenvalue weighted by atomic mass is 35.5. The largest absolute Gasteiger partial charge is 0.365 e. The van der Waals surface area contributed by atoms with Gasteiger partial charge in [-0.05, 0) is 18.9 Å². The predicted octanol–water partition coefficient (Wildman–Crippen LogP) is 2.53. The van der Waals surface area contributed by atoms with E-state index in [9.17, 15) is 4.79 Å². The second kappa shape index (κ2) is 7.36. The SMILES string of the molecule is CC1CN(Cc2ccccc2)CCCN1c1cnn(C)c(=O)c1Cl. The molecule has 0 aliphatic carbocycles. The normalized spacial score (nSPS) is 19.3.